The molecule has 1 fully saturated rings. The Morgan fingerprint density at radius 1 is 1.22 bits per heavy atom. The molecule has 0 saturated carbocycles. The lowest BCUT2D eigenvalue weighted by molar-refractivity contribution is -0.274. The van der Waals surface area contributed by atoms with Crippen molar-refractivity contribution < 1.29 is 27.4 Å². The number of halogens is 3. The van der Waals surface area contributed by atoms with E-state index in [2.05, 4.69) is 19.9 Å². The molecule has 0 spiro atoms. The molecule has 11 heteroatoms. The number of hydrogen-bond donors (Lipinski definition) is 1. The molecular weight excluding hydrogens is 493 g/mol. The Morgan fingerprint density at radius 3 is 2.64 bits per heavy atom. The van der Waals surface area contributed by atoms with Crippen LogP contribution in [0.3, 0.4) is 0 Å². The summed E-state index contributed by atoms with van der Waals surface area (Å²) in [5.74, 6) is -0.349. The van der Waals surface area contributed by atoms with E-state index in [1.165, 1.54) is 40.5 Å². The number of carbonyl (C=O) groups is 1. The van der Waals surface area contributed by atoms with Gasteiger partial charge in [-0.1, -0.05) is 18.2 Å². The van der Waals surface area contributed by atoms with E-state index in [1.807, 2.05) is 36.6 Å². The lowest BCUT2D eigenvalue weighted by atomic mass is 10.1. The van der Waals surface area contributed by atoms with Crippen molar-refractivity contribution in [2.75, 3.05) is 37.7 Å². The van der Waals surface area contributed by atoms with Crippen molar-refractivity contribution in [2.45, 2.75) is 25.9 Å². The molecule has 1 atom stereocenters. The second-order valence-electron chi connectivity index (χ2n) is 8.43. The monoisotopic (exact) mass is 520 g/mol. The number of morpholine rings is 1. The number of hydrogen-bond acceptors (Lipinski definition) is 6. The van der Waals surface area contributed by atoms with Crippen LogP contribution < -0.4 is 15.0 Å². The molecule has 0 bridgehead atoms. The first kappa shape index (κ1) is 25.9. The molecule has 4 rings (SSSR count). The zero-order valence-corrected chi connectivity index (χ0v) is 20.5. The molecule has 2 amide bonds. The number of thiazole rings is 1. The lowest BCUT2D eigenvalue weighted by Crippen LogP contribution is -2.49. The zero-order valence-electron chi connectivity index (χ0n) is 19.7. The summed E-state index contributed by atoms with van der Waals surface area (Å²) in [7, 11) is 0. The highest BCUT2D eigenvalue weighted by atomic mass is 32.1. The van der Waals surface area contributed by atoms with Crippen molar-refractivity contribution in [1.29, 1.82) is 0 Å². The fourth-order valence-corrected chi connectivity index (χ4v) is 4.60. The first-order chi connectivity index (χ1) is 17.3. The van der Waals surface area contributed by atoms with E-state index >= 15 is 0 Å². The van der Waals surface area contributed by atoms with Crippen LogP contribution in [0.5, 0.6) is 5.75 Å². The van der Waals surface area contributed by atoms with Crippen LogP contribution in [0.15, 0.2) is 60.1 Å². The van der Waals surface area contributed by atoms with Gasteiger partial charge < -0.3 is 14.8 Å². The Bertz CT molecular complexity index is 1120. The fourth-order valence-electron chi connectivity index (χ4n) is 3.96. The quantitative estimate of drug-likeness (QED) is 0.445. The van der Waals surface area contributed by atoms with Crippen molar-refractivity contribution in [3.05, 3.63) is 65.7 Å². The molecule has 1 aliphatic rings. The Balaban J connectivity index is 1.53. The van der Waals surface area contributed by atoms with Gasteiger partial charge in [0.1, 0.15) is 10.8 Å². The Morgan fingerprint density at radius 2 is 1.97 bits per heavy atom. The maximum atomic E-state index is 13.4. The van der Waals surface area contributed by atoms with Crippen LogP contribution in [0.25, 0.3) is 10.6 Å². The van der Waals surface area contributed by atoms with Crippen LogP contribution in [-0.2, 0) is 11.3 Å². The van der Waals surface area contributed by atoms with Crippen LogP contribution in [-0.4, -0.2) is 61.2 Å². The third-order valence-corrected chi connectivity index (χ3v) is 6.40. The first-order valence-corrected chi connectivity index (χ1v) is 12.4. The molecule has 3 aromatic rings. The van der Waals surface area contributed by atoms with E-state index in [9.17, 15) is 18.0 Å². The van der Waals surface area contributed by atoms with Gasteiger partial charge in [0, 0.05) is 48.5 Å². The molecule has 7 nitrogen and oxygen atoms in total. The van der Waals surface area contributed by atoms with E-state index in [0.717, 1.165) is 29.2 Å². The number of amides is 2. The molecule has 1 aliphatic heterocycles. The van der Waals surface area contributed by atoms with Crippen molar-refractivity contribution in [3.63, 3.8) is 0 Å². The minimum Gasteiger partial charge on any atom is -0.406 e. The molecule has 0 radical (unpaired) electrons. The van der Waals surface area contributed by atoms with Gasteiger partial charge in [0.05, 0.1) is 19.8 Å². The Labute approximate surface area is 211 Å². The van der Waals surface area contributed by atoms with Crippen LogP contribution in [0.4, 0.5) is 23.7 Å². The molecule has 0 aliphatic carbocycles. The SMILES string of the molecule is CC(CN1CCOCC1)NC(=O)N(Cc1cccc(-c2nccs2)c1)c1ccc(OC(F)(F)F)cc1. The Kier molecular flexibility index (Phi) is 8.44. The summed E-state index contributed by atoms with van der Waals surface area (Å²) in [6.07, 6.45) is -3.06. The molecule has 1 unspecified atom stereocenters. The van der Waals surface area contributed by atoms with Crippen molar-refractivity contribution in [2.24, 2.45) is 0 Å². The minimum atomic E-state index is -4.79. The molecule has 1 aromatic heterocycles. The fraction of sp³-hybridized carbons (Fsp3) is 0.360. The maximum Gasteiger partial charge on any atom is 0.573 e. The third-order valence-electron chi connectivity index (χ3n) is 5.58. The van der Waals surface area contributed by atoms with Crippen LogP contribution in [0.2, 0.25) is 0 Å². The number of ether oxygens (including phenoxy) is 2. The molecule has 1 N–H and O–H groups in total. The standard InChI is InChI=1S/C25H27F3N4O3S/c1-18(16-31-10-12-34-13-11-31)30-24(33)32(21-5-7-22(8-6-21)35-25(26,27)28)17-19-3-2-4-20(15-19)23-29-9-14-36-23/h2-9,14-15,18H,10-13,16-17H2,1H3,(H,30,33). The van der Waals surface area contributed by atoms with Gasteiger partial charge in [0.2, 0.25) is 0 Å². The highest BCUT2D eigenvalue weighted by molar-refractivity contribution is 7.13. The number of rotatable bonds is 8. The largest absolute Gasteiger partial charge is 0.573 e. The Hall–Kier alpha value is -3.15. The average molecular weight is 521 g/mol. The number of benzene rings is 2. The first-order valence-electron chi connectivity index (χ1n) is 11.5. The molecule has 2 aromatic carbocycles. The number of nitrogens with one attached hydrogen (secondary N) is 1. The number of anilines is 1. The lowest BCUT2D eigenvalue weighted by Gasteiger charge is -2.31. The number of alkyl halides is 3. The summed E-state index contributed by atoms with van der Waals surface area (Å²) in [5.41, 5.74) is 2.23. The summed E-state index contributed by atoms with van der Waals surface area (Å²) in [6.45, 7) is 5.73. The summed E-state index contributed by atoms with van der Waals surface area (Å²) in [6, 6.07) is 12.5. The third kappa shape index (κ3) is 7.42. The van der Waals surface area contributed by atoms with Crippen molar-refractivity contribution >= 4 is 23.1 Å². The topological polar surface area (TPSA) is 66.9 Å². The molecular formula is C25H27F3N4O3S. The zero-order chi connectivity index (χ0) is 25.5. The van der Waals surface area contributed by atoms with E-state index in [0.29, 0.717) is 25.4 Å². The van der Waals surface area contributed by atoms with Crippen LogP contribution in [0.1, 0.15) is 12.5 Å². The highest BCUT2D eigenvalue weighted by Crippen LogP contribution is 2.28. The minimum absolute atomic E-state index is 0.146. The smallest absolute Gasteiger partial charge is 0.406 e. The maximum absolute atomic E-state index is 13.4. The second-order valence-corrected chi connectivity index (χ2v) is 9.32. The molecule has 192 valence electrons. The van der Waals surface area contributed by atoms with Gasteiger partial charge in [-0.3, -0.25) is 9.80 Å². The van der Waals surface area contributed by atoms with Gasteiger partial charge >= 0.3 is 12.4 Å². The predicted molar refractivity (Wildman–Crippen MR) is 132 cm³/mol. The van der Waals surface area contributed by atoms with E-state index in [4.69, 9.17) is 4.74 Å². The van der Waals surface area contributed by atoms with E-state index in [1.54, 1.807) is 6.20 Å². The highest BCUT2D eigenvalue weighted by Gasteiger charge is 2.31. The van der Waals surface area contributed by atoms with Crippen molar-refractivity contribution in [1.82, 2.24) is 15.2 Å². The normalized spacial score (nSPS) is 15.3. The summed E-state index contributed by atoms with van der Waals surface area (Å²) >= 11 is 1.51. The van der Waals surface area contributed by atoms with Gasteiger partial charge in [-0.25, -0.2) is 9.78 Å². The van der Waals surface area contributed by atoms with Gasteiger partial charge in [-0.15, -0.1) is 24.5 Å². The number of nitrogens with zero attached hydrogens (tertiary/aromatic N) is 3. The number of urea groups is 1. The molecule has 2 heterocycles. The number of carbonyl (C=O) groups excluding carboxylic acids is 1. The van der Waals surface area contributed by atoms with Crippen molar-refractivity contribution in [3.8, 4) is 16.3 Å². The van der Waals surface area contributed by atoms with Crippen LogP contribution >= 0.6 is 11.3 Å². The average Bonchev–Trinajstić information content (AvgIpc) is 3.38. The summed E-state index contributed by atoms with van der Waals surface area (Å²) in [5, 5.41) is 5.78. The van der Waals surface area contributed by atoms with Gasteiger partial charge in [0.25, 0.3) is 0 Å². The summed E-state index contributed by atoms with van der Waals surface area (Å²) < 4.78 is 47.1. The molecule has 36 heavy (non-hydrogen) atoms. The van der Waals surface area contributed by atoms with E-state index < -0.39 is 6.36 Å². The molecule has 1 saturated heterocycles. The predicted octanol–water partition coefficient (Wildman–Crippen LogP) is 5.15. The second kappa shape index (κ2) is 11.7. The van der Waals surface area contributed by atoms with Crippen LogP contribution in [0, 0.1) is 0 Å². The van der Waals surface area contributed by atoms with Gasteiger partial charge in [-0.2, -0.15) is 0 Å². The number of aromatic nitrogens is 1. The van der Waals surface area contributed by atoms with Gasteiger partial charge in [-0.05, 0) is 42.8 Å². The summed E-state index contributed by atoms with van der Waals surface area (Å²) in [4.78, 5) is 21.4. The van der Waals surface area contributed by atoms with Gasteiger partial charge in [0.15, 0.2) is 0 Å². The van der Waals surface area contributed by atoms with E-state index in [-0.39, 0.29) is 24.4 Å².